The third kappa shape index (κ3) is 3.68. The molecule has 2 nitrogen and oxygen atoms in total. The number of nitrogens with two attached hydrogens (primary N) is 1. The number of hydrogen-bond acceptors (Lipinski definition) is 3. The minimum atomic E-state index is 0.300. The first-order valence-electron chi connectivity index (χ1n) is 8.16. The van der Waals surface area contributed by atoms with E-state index in [1.165, 1.54) is 50.8 Å². The highest BCUT2D eigenvalue weighted by molar-refractivity contribution is 8.00. The molecule has 2 fully saturated rings. The van der Waals surface area contributed by atoms with Crippen LogP contribution in [0.15, 0.2) is 0 Å². The summed E-state index contributed by atoms with van der Waals surface area (Å²) < 4.78 is 0. The predicted octanol–water partition coefficient (Wildman–Crippen LogP) is 3.50. The second-order valence-electron chi connectivity index (χ2n) is 7.07. The number of rotatable bonds is 6. The molecule has 2 atom stereocenters. The fourth-order valence-corrected chi connectivity index (χ4v) is 5.25. The van der Waals surface area contributed by atoms with Crippen LogP contribution in [0, 0.1) is 5.92 Å². The maximum atomic E-state index is 6.25. The van der Waals surface area contributed by atoms with Gasteiger partial charge in [-0.1, -0.05) is 33.6 Å². The van der Waals surface area contributed by atoms with E-state index >= 15 is 0 Å². The Kier molecular flexibility index (Phi) is 5.62. The number of hydrogen-bond donors (Lipinski definition) is 1. The van der Waals surface area contributed by atoms with Gasteiger partial charge in [-0.15, -0.1) is 0 Å². The first-order valence-corrected chi connectivity index (χ1v) is 9.21. The van der Waals surface area contributed by atoms with Crippen molar-refractivity contribution < 1.29 is 0 Å². The largest absolute Gasteiger partial charge is 0.329 e. The molecule has 1 aliphatic heterocycles. The first kappa shape index (κ1) is 15.7. The lowest BCUT2D eigenvalue weighted by atomic mass is 9.90. The van der Waals surface area contributed by atoms with E-state index in [1.54, 1.807) is 0 Å². The van der Waals surface area contributed by atoms with E-state index in [9.17, 15) is 0 Å². The Hall–Kier alpha value is 0.270. The minimum Gasteiger partial charge on any atom is -0.329 e. The summed E-state index contributed by atoms with van der Waals surface area (Å²) in [6.07, 6.45) is 8.26. The number of nitrogens with zero attached hydrogens (tertiary/aromatic N) is 1. The zero-order valence-corrected chi connectivity index (χ0v) is 13.8. The van der Waals surface area contributed by atoms with Crippen molar-refractivity contribution in [1.29, 1.82) is 0 Å². The van der Waals surface area contributed by atoms with Gasteiger partial charge < -0.3 is 5.73 Å². The molecule has 2 rings (SSSR count). The Morgan fingerprint density at radius 1 is 1.32 bits per heavy atom. The molecule has 0 radical (unpaired) electrons. The van der Waals surface area contributed by atoms with E-state index in [2.05, 4.69) is 37.4 Å². The fraction of sp³-hybridized carbons (Fsp3) is 1.00. The van der Waals surface area contributed by atoms with Crippen LogP contribution < -0.4 is 5.73 Å². The quantitative estimate of drug-likeness (QED) is 0.809. The third-order valence-electron chi connectivity index (χ3n) is 5.01. The normalized spacial score (nSPS) is 32.8. The number of thioether (sulfide) groups is 1. The van der Waals surface area contributed by atoms with Gasteiger partial charge in [-0.25, -0.2) is 0 Å². The molecule has 1 heterocycles. The highest BCUT2D eigenvalue weighted by Gasteiger charge is 2.44. The van der Waals surface area contributed by atoms with Gasteiger partial charge >= 0.3 is 0 Å². The maximum absolute atomic E-state index is 6.25. The molecule has 1 saturated heterocycles. The highest BCUT2D eigenvalue weighted by Crippen LogP contribution is 2.41. The highest BCUT2D eigenvalue weighted by atomic mass is 32.2. The molecule has 2 unspecified atom stereocenters. The Labute approximate surface area is 123 Å². The minimum absolute atomic E-state index is 0.300. The summed E-state index contributed by atoms with van der Waals surface area (Å²) >= 11 is 2.13. The van der Waals surface area contributed by atoms with E-state index in [0.717, 1.165) is 23.8 Å². The Bertz CT molecular complexity index is 276. The van der Waals surface area contributed by atoms with Gasteiger partial charge in [0.15, 0.2) is 0 Å². The van der Waals surface area contributed by atoms with Crippen molar-refractivity contribution in [3.05, 3.63) is 0 Å². The van der Waals surface area contributed by atoms with Crippen molar-refractivity contribution in [2.45, 2.75) is 76.1 Å². The van der Waals surface area contributed by atoms with E-state index in [4.69, 9.17) is 5.73 Å². The summed E-state index contributed by atoms with van der Waals surface area (Å²) in [5.74, 6) is 2.05. The van der Waals surface area contributed by atoms with Crippen LogP contribution in [0.1, 0.15) is 59.3 Å². The molecule has 1 aliphatic carbocycles. The van der Waals surface area contributed by atoms with Gasteiger partial charge in [-0.2, -0.15) is 11.8 Å². The van der Waals surface area contributed by atoms with E-state index in [1.807, 2.05) is 0 Å². The van der Waals surface area contributed by atoms with Gasteiger partial charge in [0.1, 0.15) is 0 Å². The maximum Gasteiger partial charge on any atom is 0.0435 e. The molecular formula is C16H32N2S. The summed E-state index contributed by atoms with van der Waals surface area (Å²) in [5.41, 5.74) is 6.55. The molecule has 3 heteroatoms. The average molecular weight is 285 g/mol. The van der Waals surface area contributed by atoms with Crippen LogP contribution in [0.3, 0.4) is 0 Å². The van der Waals surface area contributed by atoms with E-state index in [0.29, 0.717) is 5.54 Å². The Morgan fingerprint density at radius 3 is 2.47 bits per heavy atom. The van der Waals surface area contributed by atoms with E-state index in [-0.39, 0.29) is 0 Å². The smallest absolute Gasteiger partial charge is 0.0435 e. The second kappa shape index (κ2) is 6.82. The molecule has 2 N–H and O–H groups in total. The molecule has 0 spiro atoms. The molecule has 112 valence electrons. The first-order chi connectivity index (χ1) is 9.07. The molecule has 0 aromatic heterocycles. The average Bonchev–Trinajstić information content (AvgIpc) is 3.00. The van der Waals surface area contributed by atoms with Gasteiger partial charge in [0, 0.05) is 29.1 Å². The standard InChI is InChI=1S/C16H32N2S/c1-13(2)8-9-18(15-6-4-5-7-15)16(11-17)10-14(3)19-12-16/h13-15H,4-12,17H2,1-3H3. The fourth-order valence-electron chi connectivity index (χ4n) is 3.83. The van der Waals surface area contributed by atoms with Crippen molar-refractivity contribution >= 4 is 11.8 Å². The van der Waals surface area contributed by atoms with Crippen molar-refractivity contribution in [3.63, 3.8) is 0 Å². The van der Waals surface area contributed by atoms with E-state index < -0.39 is 0 Å². The van der Waals surface area contributed by atoms with Crippen LogP contribution in [0.4, 0.5) is 0 Å². The zero-order chi connectivity index (χ0) is 13.9. The summed E-state index contributed by atoms with van der Waals surface area (Å²) in [6.45, 7) is 9.16. The van der Waals surface area contributed by atoms with Gasteiger partial charge in [-0.05, 0) is 38.1 Å². The summed E-state index contributed by atoms with van der Waals surface area (Å²) in [4.78, 5) is 2.84. The van der Waals surface area contributed by atoms with Crippen LogP contribution in [0.5, 0.6) is 0 Å². The van der Waals surface area contributed by atoms with Crippen LogP contribution in [-0.2, 0) is 0 Å². The lowest BCUT2D eigenvalue weighted by molar-refractivity contribution is 0.0600. The van der Waals surface area contributed by atoms with Crippen molar-refractivity contribution in [1.82, 2.24) is 4.90 Å². The lowest BCUT2D eigenvalue weighted by Crippen LogP contribution is -2.58. The monoisotopic (exact) mass is 284 g/mol. The summed E-state index contributed by atoms with van der Waals surface area (Å²) in [7, 11) is 0. The van der Waals surface area contributed by atoms with Crippen LogP contribution in [0.2, 0.25) is 0 Å². The molecule has 19 heavy (non-hydrogen) atoms. The van der Waals surface area contributed by atoms with Gasteiger partial charge in [0.25, 0.3) is 0 Å². The second-order valence-corrected chi connectivity index (χ2v) is 8.50. The van der Waals surface area contributed by atoms with Crippen LogP contribution in [-0.4, -0.2) is 40.6 Å². The molecule has 2 aliphatic rings. The lowest BCUT2D eigenvalue weighted by Gasteiger charge is -2.44. The van der Waals surface area contributed by atoms with Crippen molar-refractivity contribution in [2.75, 3.05) is 18.8 Å². The van der Waals surface area contributed by atoms with Crippen LogP contribution in [0.25, 0.3) is 0 Å². The molecule has 0 aromatic rings. The Morgan fingerprint density at radius 2 is 2.00 bits per heavy atom. The predicted molar refractivity (Wildman–Crippen MR) is 86.7 cm³/mol. The van der Waals surface area contributed by atoms with Gasteiger partial charge in [-0.3, -0.25) is 4.90 Å². The third-order valence-corrected chi connectivity index (χ3v) is 6.45. The summed E-state index contributed by atoms with van der Waals surface area (Å²) in [5, 5.41) is 0.784. The van der Waals surface area contributed by atoms with Crippen molar-refractivity contribution in [2.24, 2.45) is 11.7 Å². The molecule has 1 saturated carbocycles. The zero-order valence-electron chi connectivity index (χ0n) is 13.0. The van der Waals surface area contributed by atoms with Crippen LogP contribution >= 0.6 is 11.8 Å². The van der Waals surface area contributed by atoms with Crippen molar-refractivity contribution in [3.8, 4) is 0 Å². The molecular weight excluding hydrogens is 252 g/mol. The molecule has 0 aromatic carbocycles. The SMILES string of the molecule is CC(C)CCN(C1CCCC1)C1(CN)CSC(C)C1. The summed E-state index contributed by atoms with van der Waals surface area (Å²) in [6, 6.07) is 0.813. The van der Waals surface area contributed by atoms with Gasteiger partial charge in [0.05, 0.1) is 0 Å². The molecule has 0 amide bonds. The Balaban J connectivity index is 2.09. The molecule has 0 bridgehead atoms. The van der Waals surface area contributed by atoms with Gasteiger partial charge in [0.2, 0.25) is 0 Å². The topological polar surface area (TPSA) is 29.3 Å².